The Morgan fingerprint density at radius 1 is 1.30 bits per heavy atom. The van der Waals surface area contributed by atoms with E-state index < -0.39 is 10.0 Å². The van der Waals surface area contributed by atoms with E-state index in [9.17, 15) is 13.2 Å². The number of methoxy groups -OCH3 is 1. The van der Waals surface area contributed by atoms with Gasteiger partial charge < -0.3 is 4.74 Å². The van der Waals surface area contributed by atoms with Crippen LogP contribution in [0.5, 0.6) is 0 Å². The van der Waals surface area contributed by atoms with Crippen molar-refractivity contribution in [2.75, 3.05) is 20.3 Å². The molecule has 1 saturated heterocycles. The van der Waals surface area contributed by atoms with Crippen molar-refractivity contribution >= 4 is 32.9 Å². The summed E-state index contributed by atoms with van der Waals surface area (Å²) >= 11 is 1.21. The lowest BCUT2D eigenvalue weighted by molar-refractivity contribution is -0.126. The highest BCUT2D eigenvalue weighted by molar-refractivity contribution is 8.16. The van der Waals surface area contributed by atoms with E-state index >= 15 is 0 Å². The number of amides is 1. The van der Waals surface area contributed by atoms with Crippen LogP contribution in [0.1, 0.15) is 19.8 Å². The summed E-state index contributed by atoms with van der Waals surface area (Å²) in [5, 5.41) is -0.0240. The fourth-order valence-electron chi connectivity index (χ4n) is 2.16. The van der Waals surface area contributed by atoms with Gasteiger partial charge in [0.25, 0.3) is 10.0 Å². The second kappa shape index (κ2) is 7.94. The van der Waals surface area contributed by atoms with Crippen LogP contribution in [0.15, 0.2) is 39.6 Å². The molecule has 1 unspecified atom stereocenters. The second-order valence-corrected chi connectivity index (χ2v) is 7.79. The van der Waals surface area contributed by atoms with E-state index in [1.165, 1.54) is 28.8 Å². The molecule has 0 aromatic heterocycles. The van der Waals surface area contributed by atoms with Crippen LogP contribution in [0.4, 0.5) is 0 Å². The molecule has 1 aromatic rings. The Kier molecular flexibility index (Phi) is 6.20. The number of sulfonamides is 1. The molecule has 0 bridgehead atoms. The van der Waals surface area contributed by atoms with Crippen LogP contribution >= 0.6 is 11.8 Å². The van der Waals surface area contributed by atoms with E-state index in [4.69, 9.17) is 4.74 Å². The number of thioether (sulfide) groups is 1. The molecule has 6 nitrogen and oxygen atoms in total. The van der Waals surface area contributed by atoms with Crippen molar-refractivity contribution < 1.29 is 17.9 Å². The molecule has 1 amide bonds. The molecular formula is C15H20N2O4S2. The third-order valence-corrected chi connectivity index (χ3v) is 6.10. The van der Waals surface area contributed by atoms with Gasteiger partial charge in [0.05, 0.1) is 10.1 Å². The average molecular weight is 356 g/mol. The van der Waals surface area contributed by atoms with Crippen molar-refractivity contribution in [1.82, 2.24) is 4.90 Å². The van der Waals surface area contributed by atoms with Gasteiger partial charge >= 0.3 is 0 Å². The number of ether oxygens (including phenoxy) is 1. The Balaban J connectivity index is 2.28. The summed E-state index contributed by atoms with van der Waals surface area (Å²) in [5.74, 6) is -0.0874. The standard InChI is InChI=1S/C15H20N2O4S2/c1-3-13-14(18)17(10-7-11-21-2)15(22-13)16-23(19,20)12-8-5-4-6-9-12/h4-6,8-9,13H,3,7,10-11H2,1-2H3/b16-15+. The van der Waals surface area contributed by atoms with E-state index in [-0.39, 0.29) is 21.2 Å². The lowest BCUT2D eigenvalue weighted by Crippen LogP contribution is -2.33. The molecule has 8 heteroatoms. The lowest BCUT2D eigenvalue weighted by Gasteiger charge is -2.15. The van der Waals surface area contributed by atoms with Crippen LogP contribution < -0.4 is 0 Å². The summed E-state index contributed by atoms with van der Waals surface area (Å²) in [6, 6.07) is 8.02. The van der Waals surface area contributed by atoms with Crippen molar-refractivity contribution in [3.8, 4) is 0 Å². The number of hydrogen-bond acceptors (Lipinski definition) is 5. The Labute approximate surface area is 141 Å². The first-order valence-corrected chi connectivity index (χ1v) is 9.68. The molecule has 1 atom stereocenters. The summed E-state index contributed by atoms with van der Waals surface area (Å²) in [7, 11) is -2.23. The Morgan fingerprint density at radius 2 is 2.00 bits per heavy atom. The zero-order chi connectivity index (χ0) is 16.9. The van der Waals surface area contributed by atoms with Crippen LogP contribution in [-0.2, 0) is 19.6 Å². The van der Waals surface area contributed by atoms with Gasteiger partial charge in [0.1, 0.15) is 0 Å². The number of hydrogen-bond donors (Lipinski definition) is 0. The average Bonchev–Trinajstić information content (AvgIpc) is 2.84. The van der Waals surface area contributed by atoms with Gasteiger partial charge in [0.2, 0.25) is 5.91 Å². The predicted molar refractivity (Wildman–Crippen MR) is 90.9 cm³/mol. The van der Waals surface area contributed by atoms with Gasteiger partial charge in [-0.05, 0) is 25.0 Å². The van der Waals surface area contributed by atoms with Crippen LogP contribution in [-0.4, -0.2) is 49.9 Å². The Bertz CT molecular complexity index is 674. The van der Waals surface area contributed by atoms with Crippen molar-refractivity contribution in [2.24, 2.45) is 4.40 Å². The van der Waals surface area contributed by atoms with E-state index in [1.807, 2.05) is 6.92 Å². The number of carbonyl (C=O) groups excluding carboxylic acids is 1. The summed E-state index contributed by atoms with van der Waals surface area (Å²) in [4.78, 5) is 13.9. The highest BCUT2D eigenvalue weighted by Crippen LogP contribution is 2.30. The highest BCUT2D eigenvalue weighted by atomic mass is 32.2. The minimum Gasteiger partial charge on any atom is -0.385 e. The first-order valence-electron chi connectivity index (χ1n) is 7.36. The monoisotopic (exact) mass is 356 g/mol. The summed E-state index contributed by atoms with van der Waals surface area (Å²) in [5.41, 5.74) is 0. The molecule has 23 heavy (non-hydrogen) atoms. The molecule has 0 radical (unpaired) electrons. The maximum absolute atomic E-state index is 12.4. The zero-order valence-corrected chi connectivity index (χ0v) is 14.8. The van der Waals surface area contributed by atoms with Crippen LogP contribution in [0.25, 0.3) is 0 Å². The molecule has 126 valence electrons. The quantitative estimate of drug-likeness (QED) is 0.700. The molecule has 1 aliphatic heterocycles. The predicted octanol–water partition coefficient (Wildman–Crippen LogP) is 2.12. The topological polar surface area (TPSA) is 76.0 Å². The molecule has 1 aliphatic rings. The van der Waals surface area contributed by atoms with Gasteiger partial charge in [-0.1, -0.05) is 36.9 Å². The van der Waals surface area contributed by atoms with E-state index in [1.54, 1.807) is 25.3 Å². The molecular weight excluding hydrogens is 336 g/mol. The number of nitrogens with zero attached hydrogens (tertiary/aromatic N) is 2. The normalized spacial score (nSPS) is 20.4. The third-order valence-electron chi connectivity index (χ3n) is 3.36. The van der Waals surface area contributed by atoms with Crippen LogP contribution in [0.2, 0.25) is 0 Å². The third kappa shape index (κ3) is 4.33. The molecule has 1 heterocycles. The van der Waals surface area contributed by atoms with E-state index in [0.29, 0.717) is 26.0 Å². The minimum absolute atomic E-state index is 0.0874. The first-order chi connectivity index (χ1) is 11.0. The molecule has 1 fully saturated rings. The van der Waals surface area contributed by atoms with Gasteiger partial charge in [-0.25, -0.2) is 0 Å². The fourth-order valence-corrected chi connectivity index (χ4v) is 4.49. The zero-order valence-electron chi connectivity index (χ0n) is 13.1. The largest absolute Gasteiger partial charge is 0.385 e. The molecule has 0 aliphatic carbocycles. The lowest BCUT2D eigenvalue weighted by atomic mass is 10.3. The van der Waals surface area contributed by atoms with Gasteiger partial charge in [-0.3, -0.25) is 9.69 Å². The minimum atomic E-state index is -3.82. The summed E-state index contributed by atoms with van der Waals surface area (Å²) in [6.07, 6.45) is 1.26. The Hall–Kier alpha value is -1.38. The fraction of sp³-hybridized carbons (Fsp3) is 0.467. The summed E-state index contributed by atoms with van der Waals surface area (Å²) in [6.45, 7) is 2.81. The van der Waals surface area contributed by atoms with Crippen molar-refractivity contribution in [2.45, 2.75) is 29.9 Å². The van der Waals surface area contributed by atoms with Gasteiger partial charge in [-0.2, -0.15) is 8.42 Å². The highest BCUT2D eigenvalue weighted by Gasteiger charge is 2.37. The smallest absolute Gasteiger partial charge is 0.284 e. The van der Waals surface area contributed by atoms with Crippen molar-refractivity contribution in [3.05, 3.63) is 30.3 Å². The molecule has 0 saturated carbocycles. The number of amidine groups is 1. The molecule has 0 spiro atoms. The van der Waals surface area contributed by atoms with Gasteiger partial charge in [-0.15, -0.1) is 4.40 Å². The summed E-state index contributed by atoms with van der Waals surface area (Å²) < 4.78 is 33.7. The molecule has 0 N–H and O–H groups in total. The Morgan fingerprint density at radius 3 is 2.61 bits per heavy atom. The SMILES string of the molecule is CCC1S/C(=N/S(=O)(=O)c2ccccc2)N(CCCOC)C1=O. The van der Waals surface area contributed by atoms with Gasteiger partial charge in [0.15, 0.2) is 5.17 Å². The first kappa shape index (κ1) is 18.0. The van der Waals surface area contributed by atoms with Crippen molar-refractivity contribution in [1.29, 1.82) is 0 Å². The van der Waals surface area contributed by atoms with E-state index in [2.05, 4.69) is 4.40 Å². The van der Waals surface area contributed by atoms with Crippen LogP contribution in [0, 0.1) is 0 Å². The van der Waals surface area contributed by atoms with Crippen molar-refractivity contribution in [3.63, 3.8) is 0 Å². The van der Waals surface area contributed by atoms with Gasteiger partial charge in [0, 0.05) is 20.3 Å². The maximum atomic E-state index is 12.4. The second-order valence-electron chi connectivity index (χ2n) is 5.01. The molecule has 2 rings (SSSR count). The number of benzene rings is 1. The molecule has 1 aromatic carbocycles. The maximum Gasteiger partial charge on any atom is 0.284 e. The van der Waals surface area contributed by atoms with E-state index in [0.717, 1.165) is 0 Å². The van der Waals surface area contributed by atoms with Crippen LogP contribution in [0.3, 0.4) is 0 Å². The number of rotatable bonds is 7. The number of carbonyl (C=O) groups is 1.